The highest BCUT2D eigenvalue weighted by molar-refractivity contribution is 4.69. The summed E-state index contributed by atoms with van der Waals surface area (Å²) in [6.45, 7) is 2.45. The van der Waals surface area contributed by atoms with Crippen molar-refractivity contribution in [3.8, 4) is 0 Å². The zero-order valence-corrected chi connectivity index (χ0v) is 8.34. The summed E-state index contributed by atoms with van der Waals surface area (Å²) in [7, 11) is 0. The lowest BCUT2D eigenvalue weighted by Gasteiger charge is -2.14. The Bertz CT molecular complexity index is 156. The third-order valence-electron chi connectivity index (χ3n) is 1.35. The Morgan fingerprint density at radius 1 is 1.36 bits per heavy atom. The van der Waals surface area contributed by atoms with Crippen molar-refractivity contribution >= 4 is 0 Å². The molecule has 0 aliphatic carbocycles. The first-order valence-electron chi connectivity index (χ1n) is 4.32. The van der Waals surface area contributed by atoms with E-state index < -0.39 is 17.9 Å². The molecule has 1 aliphatic rings. The highest BCUT2D eigenvalue weighted by Crippen LogP contribution is 2.24. The second-order valence-corrected chi connectivity index (χ2v) is 3.70. The molecule has 0 radical (unpaired) electrons. The monoisotopic (exact) mass is 210 g/mol. The minimum Gasteiger partial charge on any atom is -0.394 e. The van der Waals surface area contributed by atoms with Gasteiger partial charge in [0, 0.05) is 6.42 Å². The van der Waals surface area contributed by atoms with E-state index >= 15 is 0 Å². The van der Waals surface area contributed by atoms with E-state index in [2.05, 4.69) is 4.74 Å². The molecule has 1 fully saturated rings. The van der Waals surface area contributed by atoms with Gasteiger partial charge in [0.15, 0.2) is 5.79 Å². The van der Waals surface area contributed by atoms with Gasteiger partial charge in [0.25, 0.3) is 5.97 Å². The summed E-state index contributed by atoms with van der Waals surface area (Å²) in [5, 5.41) is 42.0. The summed E-state index contributed by atoms with van der Waals surface area (Å²) in [6, 6.07) is 0. The van der Waals surface area contributed by atoms with Crippen LogP contribution in [0.2, 0.25) is 0 Å². The van der Waals surface area contributed by atoms with E-state index in [4.69, 9.17) is 25.5 Å². The molecule has 86 valence electrons. The standard InChI is InChI=1S/C5H10O4.C3H8O2/c6-3-4-1-2-5(7,8)9-4;1-3(2,4)5/h4,6-8H,1-3H2;4-5H,1-2H3. The molecule has 1 unspecified atom stereocenters. The Hall–Kier alpha value is -0.240. The maximum atomic E-state index is 8.72. The summed E-state index contributed by atoms with van der Waals surface area (Å²) in [5.41, 5.74) is 0. The van der Waals surface area contributed by atoms with Gasteiger partial charge in [-0.25, -0.2) is 0 Å². The lowest BCUT2D eigenvalue weighted by Crippen LogP contribution is -2.28. The summed E-state index contributed by atoms with van der Waals surface area (Å²) >= 11 is 0. The second-order valence-electron chi connectivity index (χ2n) is 3.70. The van der Waals surface area contributed by atoms with Crippen molar-refractivity contribution in [2.75, 3.05) is 6.61 Å². The van der Waals surface area contributed by atoms with Crippen LogP contribution in [0.15, 0.2) is 0 Å². The van der Waals surface area contributed by atoms with Crippen molar-refractivity contribution < 1.29 is 30.3 Å². The fraction of sp³-hybridized carbons (Fsp3) is 1.00. The number of hydrogen-bond acceptors (Lipinski definition) is 6. The number of rotatable bonds is 1. The molecular formula is C8H18O6. The Balaban J connectivity index is 0.000000292. The highest BCUT2D eigenvalue weighted by Gasteiger charge is 2.35. The first-order chi connectivity index (χ1) is 6.14. The first kappa shape index (κ1) is 13.8. The molecule has 6 nitrogen and oxygen atoms in total. The number of hydrogen-bond donors (Lipinski definition) is 5. The van der Waals surface area contributed by atoms with Crippen LogP contribution in [-0.2, 0) is 4.74 Å². The molecule has 0 amide bonds. The predicted octanol–water partition coefficient (Wildman–Crippen LogP) is -1.50. The molecule has 5 N–H and O–H groups in total. The van der Waals surface area contributed by atoms with Crippen molar-refractivity contribution in [2.24, 2.45) is 0 Å². The SMILES string of the molecule is CC(C)(O)O.OCC1CCC(O)(O)O1. The smallest absolute Gasteiger partial charge is 0.278 e. The fourth-order valence-electron chi connectivity index (χ4n) is 0.862. The van der Waals surface area contributed by atoms with Crippen LogP contribution in [0.5, 0.6) is 0 Å². The molecule has 0 saturated carbocycles. The number of aliphatic hydroxyl groups is 5. The summed E-state index contributed by atoms with van der Waals surface area (Å²) in [4.78, 5) is 0. The van der Waals surface area contributed by atoms with Gasteiger partial charge >= 0.3 is 0 Å². The Morgan fingerprint density at radius 2 is 1.79 bits per heavy atom. The third-order valence-corrected chi connectivity index (χ3v) is 1.35. The molecule has 0 aromatic rings. The van der Waals surface area contributed by atoms with E-state index in [0.29, 0.717) is 6.42 Å². The van der Waals surface area contributed by atoms with Gasteiger partial charge in [-0.15, -0.1) is 0 Å². The number of aliphatic hydroxyl groups excluding tert-OH is 1. The van der Waals surface area contributed by atoms with Gasteiger partial charge in [-0.05, 0) is 20.3 Å². The maximum Gasteiger partial charge on any atom is 0.278 e. The number of ether oxygens (including phenoxy) is 1. The molecule has 0 spiro atoms. The molecule has 1 aliphatic heterocycles. The van der Waals surface area contributed by atoms with Gasteiger partial charge in [0.2, 0.25) is 0 Å². The average molecular weight is 210 g/mol. The van der Waals surface area contributed by atoms with Gasteiger partial charge in [0.1, 0.15) is 0 Å². The van der Waals surface area contributed by atoms with Crippen molar-refractivity contribution in [1.29, 1.82) is 0 Å². The van der Waals surface area contributed by atoms with Crippen LogP contribution in [0.3, 0.4) is 0 Å². The van der Waals surface area contributed by atoms with E-state index in [1.807, 2.05) is 0 Å². The topological polar surface area (TPSA) is 110 Å². The summed E-state index contributed by atoms with van der Waals surface area (Å²) in [5.74, 6) is -3.49. The van der Waals surface area contributed by atoms with Crippen LogP contribution in [0, 0.1) is 0 Å². The van der Waals surface area contributed by atoms with Crippen molar-refractivity contribution in [1.82, 2.24) is 0 Å². The van der Waals surface area contributed by atoms with E-state index in [1.165, 1.54) is 13.8 Å². The van der Waals surface area contributed by atoms with Crippen LogP contribution >= 0.6 is 0 Å². The average Bonchev–Trinajstić information content (AvgIpc) is 2.26. The molecule has 0 aromatic heterocycles. The van der Waals surface area contributed by atoms with Crippen LogP contribution in [0.25, 0.3) is 0 Å². The van der Waals surface area contributed by atoms with E-state index in [0.717, 1.165) is 0 Å². The zero-order valence-electron chi connectivity index (χ0n) is 8.34. The van der Waals surface area contributed by atoms with E-state index in [1.54, 1.807) is 0 Å². The van der Waals surface area contributed by atoms with Gasteiger partial charge in [0.05, 0.1) is 12.7 Å². The van der Waals surface area contributed by atoms with Gasteiger partial charge < -0.3 is 30.3 Å². The molecule has 1 saturated heterocycles. The van der Waals surface area contributed by atoms with Gasteiger partial charge in [-0.3, -0.25) is 0 Å². The van der Waals surface area contributed by atoms with Gasteiger partial charge in [-0.1, -0.05) is 0 Å². The lowest BCUT2D eigenvalue weighted by molar-refractivity contribution is -0.327. The molecule has 14 heavy (non-hydrogen) atoms. The second kappa shape index (κ2) is 5.01. The molecule has 6 heteroatoms. The molecule has 0 aromatic carbocycles. The zero-order chi connectivity index (χ0) is 11.4. The minimum atomic E-state index is -1.99. The van der Waals surface area contributed by atoms with Crippen molar-refractivity contribution in [2.45, 2.75) is 44.6 Å². The Kier molecular flexibility index (Phi) is 4.93. The molecule has 0 bridgehead atoms. The first-order valence-corrected chi connectivity index (χ1v) is 4.32. The largest absolute Gasteiger partial charge is 0.394 e. The predicted molar refractivity (Wildman–Crippen MR) is 46.9 cm³/mol. The third kappa shape index (κ3) is 8.36. The highest BCUT2D eigenvalue weighted by atomic mass is 16.8. The maximum absolute atomic E-state index is 8.72. The van der Waals surface area contributed by atoms with Gasteiger partial charge in [-0.2, -0.15) is 0 Å². The summed E-state index contributed by atoms with van der Waals surface area (Å²) in [6.07, 6.45) is 0.279. The van der Waals surface area contributed by atoms with Crippen molar-refractivity contribution in [3.05, 3.63) is 0 Å². The van der Waals surface area contributed by atoms with Crippen LogP contribution in [0.1, 0.15) is 26.7 Å². The fourth-order valence-corrected chi connectivity index (χ4v) is 0.862. The van der Waals surface area contributed by atoms with E-state index in [-0.39, 0.29) is 13.0 Å². The molecule has 1 atom stereocenters. The summed E-state index contributed by atoms with van der Waals surface area (Å²) < 4.78 is 4.56. The quantitative estimate of drug-likeness (QED) is 0.337. The molecular weight excluding hydrogens is 192 g/mol. The van der Waals surface area contributed by atoms with E-state index in [9.17, 15) is 0 Å². The minimum absolute atomic E-state index is 0.150. The molecule has 1 rings (SSSR count). The Morgan fingerprint density at radius 3 is 1.93 bits per heavy atom. The van der Waals surface area contributed by atoms with Crippen LogP contribution in [-0.4, -0.2) is 50.0 Å². The normalized spacial score (nSPS) is 25.5. The Labute approximate surface area is 82.4 Å². The van der Waals surface area contributed by atoms with Crippen LogP contribution < -0.4 is 0 Å². The van der Waals surface area contributed by atoms with Crippen LogP contribution in [0.4, 0.5) is 0 Å². The molecule has 1 heterocycles. The van der Waals surface area contributed by atoms with Crippen molar-refractivity contribution in [3.63, 3.8) is 0 Å². The lowest BCUT2D eigenvalue weighted by atomic mass is 10.2.